The molecule has 0 aliphatic rings. The van der Waals surface area contributed by atoms with E-state index in [1.807, 2.05) is 0 Å². The molecule has 0 saturated carbocycles. The molecule has 0 aromatic carbocycles. The van der Waals surface area contributed by atoms with Crippen molar-refractivity contribution in [2.24, 2.45) is 0 Å². The molecule has 22 heavy (non-hydrogen) atoms. The van der Waals surface area contributed by atoms with Crippen LogP contribution in [0.3, 0.4) is 0 Å². The highest BCUT2D eigenvalue weighted by Gasteiger charge is 2.06. The van der Waals surface area contributed by atoms with E-state index in [0.29, 0.717) is 6.10 Å². The molecule has 0 atom stereocenters. The van der Waals surface area contributed by atoms with E-state index < -0.39 is 0 Å². The van der Waals surface area contributed by atoms with Crippen molar-refractivity contribution in [1.29, 1.82) is 0 Å². The highest BCUT2D eigenvalue weighted by atomic mass is 28.2. The lowest BCUT2D eigenvalue weighted by atomic mass is 10.3. The van der Waals surface area contributed by atoms with Crippen molar-refractivity contribution in [3.63, 3.8) is 0 Å². The standard InChI is InChI=1S/C17H41N3OSi/c1-6-10-18-11-8-13-20(14-9-12-19(5)7-2)15-16-22-21-17(3)4/h17-18H,6-16,22H2,1-5H3. The minimum Gasteiger partial charge on any atom is -0.422 e. The van der Waals surface area contributed by atoms with Crippen molar-refractivity contribution in [2.45, 2.75) is 59.1 Å². The Morgan fingerprint density at radius 1 is 1.00 bits per heavy atom. The zero-order valence-corrected chi connectivity index (χ0v) is 17.3. The zero-order valence-electron chi connectivity index (χ0n) is 15.9. The molecule has 0 saturated heterocycles. The molecule has 0 fully saturated rings. The molecule has 0 aromatic rings. The van der Waals surface area contributed by atoms with Gasteiger partial charge in [-0.15, -0.1) is 0 Å². The van der Waals surface area contributed by atoms with Crippen LogP contribution in [-0.2, 0) is 4.43 Å². The molecule has 0 aromatic heterocycles. The quantitative estimate of drug-likeness (QED) is 0.346. The first-order valence-electron chi connectivity index (χ1n) is 9.33. The Labute approximate surface area is 141 Å². The monoisotopic (exact) mass is 331 g/mol. The maximum absolute atomic E-state index is 5.80. The van der Waals surface area contributed by atoms with E-state index >= 15 is 0 Å². The van der Waals surface area contributed by atoms with Crippen LogP contribution in [0.4, 0.5) is 0 Å². The van der Waals surface area contributed by atoms with Crippen LogP contribution < -0.4 is 5.32 Å². The minimum absolute atomic E-state index is 0.327. The summed E-state index contributed by atoms with van der Waals surface area (Å²) in [6.45, 7) is 17.1. The second-order valence-electron chi connectivity index (χ2n) is 6.47. The summed E-state index contributed by atoms with van der Waals surface area (Å²) in [5.41, 5.74) is 0. The van der Waals surface area contributed by atoms with Crippen molar-refractivity contribution in [3.05, 3.63) is 0 Å². The first kappa shape index (κ1) is 22.1. The van der Waals surface area contributed by atoms with Gasteiger partial charge in [0.1, 0.15) is 0 Å². The predicted octanol–water partition coefficient (Wildman–Crippen LogP) is 1.95. The highest BCUT2D eigenvalue weighted by molar-refractivity contribution is 6.27. The first-order valence-corrected chi connectivity index (χ1v) is 10.9. The van der Waals surface area contributed by atoms with Crippen molar-refractivity contribution in [3.8, 4) is 0 Å². The number of nitrogens with zero attached hydrogens (tertiary/aromatic N) is 2. The van der Waals surface area contributed by atoms with Crippen LogP contribution in [-0.4, -0.2) is 78.5 Å². The average Bonchev–Trinajstić information content (AvgIpc) is 2.50. The van der Waals surface area contributed by atoms with Gasteiger partial charge in [-0.05, 0) is 92.0 Å². The Morgan fingerprint density at radius 2 is 1.73 bits per heavy atom. The van der Waals surface area contributed by atoms with Crippen molar-refractivity contribution >= 4 is 9.76 Å². The molecule has 4 nitrogen and oxygen atoms in total. The molecule has 0 bridgehead atoms. The molecule has 0 heterocycles. The average molecular weight is 332 g/mol. The van der Waals surface area contributed by atoms with Crippen LogP contribution in [0.1, 0.15) is 47.0 Å². The van der Waals surface area contributed by atoms with Crippen molar-refractivity contribution in [1.82, 2.24) is 15.1 Å². The van der Waals surface area contributed by atoms with Gasteiger partial charge in [-0.2, -0.15) is 0 Å². The summed E-state index contributed by atoms with van der Waals surface area (Å²) in [5, 5.41) is 3.51. The van der Waals surface area contributed by atoms with E-state index in [4.69, 9.17) is 4.43 Å². The summed E-state index contributed by atoms with van der Waals surface area (Å²) in [7, 11) is 1.88. The topological polar surface area (TPSA) is 27.7 Å². The van der Waals surface area contributed by atoms with E-state index in [9.17, 15) is 0 Å². The lowest BCUT2D eigenvalue weighted by Crippen LogP contribution is -2.32. The van der Waals surface area contributed by atoms with Gasteiger partial charge in [0.2, 0.25) is 0 Å². The van der Waals surface area contributed by atoms with E-state index in [-0.39, 0.29) is 9.76 Å². The third kappa shape index (κ3) is 15.0. The zero-order chi connectivity index (χ0) is 16.6. The molecule has 0 unspecified atom stereocenters. The highest BCUT2D eigenvalue weighted by Crippen LogP contribution is 1.99. The first-order chi connectivity index (χ1) is 10.6. The Hall–Kier alpha value is 0.0569. The molecule has 0 radical (unpaired) electrons. The van der Waals surface area contributed by atoms with Crippen molar-refractivity contribution < 1.29 is 4.43 Å². The van der Waals surface area contributed by atoms with Crippen LogP contribution >= 0.6 is 0 Å². The third-order valence-corrected chi connectivity index (χ3v) is 5.39. The Balaban J connectivity index is 3.86. The molecule has 0 aliphatic heterocycles. The number of hydrogen-bond acceptors (Lipinski definition) is 4. The van der Waals surface area contributed by atoms with Crippen molar-refractivity contribution in [2.75, 3.05) is 52.9 Å². The van der Waals surface area contributed by atoms with Gasteiger partial charge in [0.15, 0.2) is 9.76 Å². The molecular formula is C17H41N3OSi. The summed E-state index contributed by atoms with van der Waals surface area (Å²) in [6.07, 6.45) is 4.18. The summed E-state index contributed by atoms with van der Waals surface area (Å²) in [4.78, 5) is 5.05. The maximum atomic E-state index is 5.80. The van der Waals surface area contributed by atoms with Gasteiger partial charge in [0.05, 0.1) is 0 Å². The molecule has 1 N–H and O–H groups in total. The summed E-state index contributed by atoms with van der Waals surface area (Å²) < 4.78 is 5.80. The van der Waals surface area contributed by atoms with Gasteiger partial charge in [-0.1, -0.05) is 13.8 Å². The van der Waals surface area contributed by atoms with Gasteiger partial charge in [0.25, 0.3) is 0 Å². The summed E-state index contributed by atoms with van der Waals surface area (Å²) >= 11 is 0. The van der Waals surface area contributed by atoms with Crippen LogP contribution in [0, 0.1) is 0 Å². The van der Waals surface area contributed by atoms with E-state index in [2.05, 4.69) is 49.9 Å². The predicted molar refractivity (Wildman–Crippen MR) is 102 cm³/mol. The molecule has 5 heteroatoms. The SMILES string of the molecule is CCCNCCCN(CCCN(C)CC)CC[SiH2]OC(C)C. The van der Waals surface area contributed by atoms with Crippen LogP contribution in [0.2, 0.25) is 6.04 Å². The lowest BCUT2D eigenvalue weighted by Gasteiger charge is -2.24. The smallest absolute Gasteiger partial charge is 0.163 e. The molecule has 0 aliphatic carbocycles. The molecule has 134 valence electrons. The number of hydrogen-bond donors (Lipinski definition) is 1. The van der Waals surface area contributed by atoms with E-state index in [0.717, 1.165) is 19.6 Å². The van der Waals surface area contributed by atoms with Crippen LogP contribution in [0.25, 0.3) is 0 Å². The Morgan fingerprint density at radius 3 is 2.36 bits per heavy atom. The summed E-state index contributed by atoms with van der Waals surface area (Å²) in [5.74, 6) is 0. The lowest BCUT2D eigenvalue weighted by molar-refractivity contribution is 0.237. The van der Waals surface area contributed by atoms with Gasteiger partial charge >= 0.3 is 0 Å². The van der Waals surface area contributed by atoms with Gasteiger partial charge in [0, 0.05) is 6.10 Å². The third-order valence-electron chi connectivity index (χ3n) is 3.88. The van der Waals surface area contributed by atoms with Gasteiger partial charge in [-0.25, -0.2) is 0 Å². The van der Waals surface area contributed by atoms with Crippen LogP contribution in [0.15, 0.2) is 0 Å². The number of rotatable bonds is 16. The van der Waals surface area contributed by atoms with Gasteiger partial charge in [-0.3, -0.25) is 0 Å². The molecule has 0 amide bonds. The summed E-state index contributed by atoms with van der Waals surface area (Å²) in [6, 6.07) is 1.28. The molecular weight excluding hydrogens is 290 g/mol. The second kappa shape index (κ2) is 15.9. The van der Waals surface area contributed by atoms with E-state index in [1.54, 1.807) is 0 Å². The number of nitrogens with one attached hydrogen (secondary N) is 1. The molecule has 0 rings (SSSR count). The van der Waals surface area contributed by atoms with Crippen LogP contribution in [0.5, 0.6) is 0 Å². The normalized spacial score (nSPS) is 12.5. The fraction of sp³-hybridized carbons (Fsp3) is 1.00. The van der Waals surface area contributed by atoms with E-state index in [1.165, 1.54) is 51.5 Å². The van der Waals surface area contributed by atoms with Gasteiger partial charge < -0.3 is 19.5 Å². The maximum Gasteiger partial charge on any atom is 0.163 e. The molecule has 0 spiro atoms. The largest absolute Gasteiger partial charge is 0.422 e. The second-order valence-corrected chi connectivity index (χ2v) is 7.92. The Bertz CT molecular complexity index is 230. The minimum atomic E-state index is -0.327. The fourth-order valence-electron chi connectivity index (χ4n) is 2.39. The Kier molecular flexibility index (Phi) is 16.0. The fourth-order valence-corrected chi connectivity index (χ4v) is 3.61.